The molecule has 0 saturated heterocycles. The average Bonchev–Trinajstić information content (AvgIpc) is 3.40. The number of allylic oxidation sites excluding steroid dienone is 1. The van der Waals surface area contributed by atoms with E-state index in [1.54, 1.807) is 30.6 Å². The fourth-order valence-electron chi connectivity index (χ4n) is 2.18. The molecule has 1 aliphatic heterocycles. The summed E-state index contributed by atoms with van der Waals surface area (Å²) in [4.78, 5) is 24.7. The van der Waals surface area contributed by atoms with E-state index < -0.39 is 5.82 Å². The van der Waals surface area contributed by atoms with Crippen LogP contribution in [0, 0.1) is 5.82 Å². The van der Waals surface area contributed by atoms with Crippen molar-refractivity contribution in [2.45, 2.75) is 0 Å². The number of aliphatic imine (C=N–C) groups is 1. The highest BCUT2D eigenvalue weighted by atomic mass is 35.5. The Hall–Kier alpha value is -2.51. The third-order valence-electron chi connectivity index (χ3n) is 3.61. The molecule has 0 N–H and O–H groups in total. The van der Waals surface area contributed by atoms with Crippen LogP contribution in [-0.4, -0.2) is 35.1 Å². The van der Waals surface area contributed by atoms with Gasteiger partial charge in [-0.1, -0.05) is 46.4 Å². The van der Waals surface area contributed by atoms with Crippen LogP contribution >= 0.6 is 46.4 Å². The molecule has 0 fully saturated rings. The normalized spacial score (nSPS) is 11.6. The molecule has 0 radical (unpaired) electrons. The quantitative estimate of drug-likeness (QED) is 0.387. The van der Waals surface area contributed by atoms with Gasteiger partial charge in [-0.15, -0.1) is 0 Å². The first-order valence-electron chi connectivity index (χ1n) is 8.55. The van der Waals surface area contributed by atoms with Crippen LogP contribution in [0.3, 0.4) is 0 Å². The Kier molecular flexibility index (Phi) is 9.88. The number of carbonyl (C=O) groups excluding carboxylic acids is 2. The van der Waals surface area contributed by atoms with Gasteiger partial charge in [-0.2, -0.15) is 5.10 Å². The minimum absolute atomic E-state index is 0.0319. The average molecular weight is 501 g/mol. The van der Waals surface area contributed by atoms with Gasteiger partial charge in [0.2, 0.25) is 0 Å². The van der Waals surface area contributed by atoms with Crippen LogP contribution in [0.2, 0.25) is 15.1 Å². The summed E-state index contributed by atoms with van der Waals surface area (Å²) in [6, 6.07) is 8.86. The smallest absolute Gasteiger partial charge is 0.152 e. The summed E-state index contributed by atoms with van der Waals surface area (Å²) in [5.74, 6) is -0.581. The predicted molar refractivity (Wildman–Crippen MR) is 123 cm³/mol. The van der Waals surface area contributed by atoms with Gasteiger partial charge in [0.05, 0.1) is 34.0 Å². The molecule has 31 heavy (non-hydrogen) atoms. The minimum Gasteiger partial charge on any atom is -0.298 e. The van der Waals surface area contributed by atoms with Gasteiger partial charge in [0.25, 0.3) is 0 Å². The summed E-state index contributed by atoms with van der Waals surface area (Å²) in [5.41, 5.74) is 1.16. The molecule has 160 valence electrons. The Labute approximate surface area is 197 Å². The lowest BCUT2D eigenvalue weighted by molar-refractivity contribution is 0.111. The fraction of sp³-hybridized carbons (Fsp3) is 0.0476. The lowest BCUT2D eigenvalue weighted by atomic mass is 10.2. The maximum Gasteiger partial charge on any atom is 0.152 e. The predicted octanol–water partition coefficient (Wildman–Crippen LogP) is 6.48. The number of aromatic nitrogens is 2. The number of halogens is 5. The highest BCUT2D eigenvalue weighted by Crippen LogP contribution is 2.19. The summed E-state index contributed by atoms with van der Waals surface area (Å²) < 4.78 is 14.0. The number of hydrogen-bond donors (Lipinski definition) is 0. The molecule has 2 heterocycles. The topological polar surface area (TPSA) is 64.3 Å². The zero-order valence-electron chi connectivity index (χ0n) is 15.7. The Morgan fingerprint density at radius 3 is 2.00 bits per heavy atom. The highest BCUT2D eigenvalue weighted by molar-refractivity contribution is 6.39. The van der Waals surface area contributed by atoms with E-state index >= 15 is 0 Å². The van der Waals surface area contributed by atoms with E-state index in [2.05, 4.69) is 10.1 Å². The molecule has 2 aromatic carbocycles. The van der Waals surface area contributed by atoms with E-state index in [0.717, 1.165) is 23.9 Å². The number of benzene rings is 2. The van der Waals surface area contributed by atoms with Crippen LogP contribution in [0.25, 0.3) is 5.69 Å². The Balaban J connectivity index is 0.000000183. The minimum atomic E-state index is -0.581. The lowest BCUT2D eigenvalue weighted by Crippen LogP contribution is -1.99. The maximum atomic E-state index is 12.5. The first-order valence-corrected chi connectivity index (χ1v) is 10.1. The Morgan fingerprint density at radius 2 is 1.55 bits per heavy atom. The van der Waals surface area contributed by atoms with Crippen LogP contribution in [-0.2, 0) is 0 Å². The van der Waals surface area contributed by atoms with Gasteiger partial charge < -0.3 is 0 Å². The third-order valence-corrected chi connectivity index (χ3v) is 4.53. The maximum absolute atomic E-state index is 12.5. The van der Waals surface area contributed by atoms with E-state index in [4.69, 9.17) is 46.4 Å². The van der Waals surface area contributed by atoms with E-state index in [9.17, 15) is 14.0 Å². The van der Waals surface area contributed by atoms with Crippen molar-refractivity contribution >= 4 is 65.2 Å². The molecule has 0 aliphatic carbocycles. The summed E-state index contributed by atoms with van der Waals surface area (Å²) in [6.45, 7) is 0.763. The molecule has 3 aromatic rings. The second-order valence-corrected chi connectivity index (χ2v) is 7.54. The first-order chi connectivity index (χ1) is 14.8. The number of rotatable bonds is 3. The highest BCUT2D eigenvalue weighted by Gasteiger charge is 2.06. The van der Waals surface area contributed by atoms with Crippen LogP contribution in [0.15, 0.2) is 64.9 Å². The van der Waals surface area contributed by atoms with Gasteiger partial charge in [-0.25, -0.2) is 9.07 Å². The standard InChI is InChI=1S/C10H6Cl2N2O.C7H4ClFO.C4H4ClN/c11-8-2-1-7(6-15)10(3-8)14-5-9(12)4-13-14;8-6-2-1-5(4-10)7(9)3-6;5-4-1-2-6-3-4/h1-6H;1-4H;1,3H,2H2. The Bertz CT molecular complexity index is 1130. The first kappa shape index (κ1) is 24.8. The third kappa shape index (κ3) is 7.92. The van der Waals surface area contributed by atoms with Crippen molar-refractivity contribution in [1.82, 2.24) is 9.78 Å². The van der Waals surface area contributed by atoms with Gasteiger partial charge >= 0.3 is 0 Å². The van der Waals surface area contributed by atoms with Gasteiger partial charge in [0, 0.05) is 28.0 Å². The zero-order valence-corrected chi connectivity index (χ0v) is 18.7. The molecule has 4 rings (SSSR count). The van der Waals surface area contributed by atoms with Crippen LogP contribution in [0.1, 0.15) is 20.7 Å². The number of nitrogens with zero attached hydrogens (tertiary/aromatic N) is 3. The molecule has 0 unspecified atom stereocenters. The van der Waals surface area contributed by atoms with Crippen LogP contribution in [0.5, 0.6) is 0 Å². The van der Waals surface area contributed by atoms with Crippen molar-refractivity contribution in [3.05, 3.63) is 91.9 Å². The van der Waals surface area contributed by atoms with Crippen molar-refractivity contribution in [2.24, 2.45) is 4.99 Å². The molecule has 1 aromatic heterocycles. The van der Waals surface area contributed by atoms with E-state index in [1.165, 1.54) is 23.0 Å². The second-order valence-electron chi connectivity index (χ2n) is 5.79. The summed E-state index contributed by atoms with van der Waals surface area (Å²) in [7, 11) is 0. The van der Waals surface area contributed by atoms with Gasteiger partial charge in [0.1, 0.15) is 5.82 Å². The van der Waals surface area contributed by atoms with Crippen molar-refractivity contribution in [2.75, 3.05) is 6.54 Å². The fourth-order valence-corrected chi connectivity index (χ4v) is 2.78. The van der Waals surface area contributed by atoms with Gasteiger partial charge in [0.15, 0.2) is 12.6 Å². The lowest BCUT2D eigenvalue weighted by Gasteiger charge is -2.04. The number of hydrogen-bond acceptors (Lipinski definition) is 4. The molecule has 0 bridgehead atoms. The van der Waals surface area contributed by atoms with Crippen molar-refractivity contribution in [3.8, 4) is 5.69 Å². The zero-order chi connectivity index (χ0) is 22.8. The van der Waals surface area contributed by atoms with Gasteiger partial charge in [-0.05, 0) is 42.5 Å². The Morgan fingerprint density at radius 1 is 0.903 bits per heavy atom. The van der Waals surface area contributed by atoms with E-state index in [-0.39, 0.29) is 5.56 Å². The van der Waals surface area contributed by atoms with Gasteiger partial charge in [-0.3, -0.25) is 14.6 Å². The van der Waals surface area contributed by atoms with E-state index in [0.29, 0.717) is 32.6 Å². The van der Waals surface area contributed by atoms with Crippen molar-refractivity contribution in [1.29, 1.82) is 0 Å². The summed E-state index contributed by atoms with van der Waals surface area (Å²) >= 11 is 22.4. The molecule has 0 spiro atoms. The summed E-state index contributed by atoms with van der Waals surface area (Å²) in [6.07, 6.45) is 7.83. The summed E-state index contributed by atoms with van der Waals surface area (Å²) in [5, 5.41) is 6.11. The SMILES string of the molecule is ClC1=CCN=C1.O=Cc1ccc(Cl)cc1-n1cc(Cl)cn1.O=Cc1ccc(Cl)cc1F. The van der Waals surface area contributed by atoms with Crippen LogP contribution in [0.4, 0.5) is 4.39 Å². The molecule has 0 amide bonds. The molecule has 0 saturated carbocycles. The molecular formula is C21H14Cl4FN3O2. The molecular weight excluding hydrogens is 487 g/mol. The molecule has 0 atom stereocenters. The number of carbonyl (C=O) groups is 2. The largest absolute Gasteiger partial charge is 0.298 e. The van der Waals surface area contributed by atoms with E-state index in [1.807, 2.05) is 6.08 Å². The van der Waals surface area contributed by atoms with Crippen LogP contribution < -0.4 is 0 Å². The van der Waals surface area contributed by atoms with Crippen molar-refractivity contribution in [3.63, 3.8) is 0 Å². The molecule has 5 nitrogen and oxygen atoms in total. The molecule has 10 heteroatoms. The second kappa shape index (κ2) is 12.4. The monoisotopic (exact) mass is 499 g/mol. The van der Waals surface area contributed by atoms with Crippen molar-refractivity contribution < 1.29 is 14.0 Å². The number of aldehydes is 2. The molecule has 1 aliphatic rings.